The number of rotatable bonds is 4. The van der Waals surface area contributed by atoms with Crippen LogP contribution in [0.5, 0.6) is 0 Å². The van der Waals surface area contributed by atoms with Crippen molar-refractivity contribution in [3.05, 3.63) is 35.9 Å². The predicted molar refractivity (Wildman–Crippen MR) is 128 cm³/mol. The SMILES string of the molecule is Cc1ccc(N2CCNCC2)nc1-c1ccc2c(c1)N(C)S(=O)(=O)N2CC1CC1(F)F.S. The van der Waals surface area contributed by atoms with Gasteiger partial charge in [-0.2, -0.15) is 21.9 Å². The fourth-order valence-corrected chi connectivity index (χ4v) is 5.73. The third kappa shape index (κ3) is 3.80. The second-order valence-electron chi connectivity index (χ2n) is 8.44. The van der Waals surface area contributed by atoms with Gasteiger partial charge in [0.1, 0.15) is 5.82 Å². The molecule has 32 heavy (non-hydrogen) atoms. The molecule has 0 bridgehead atoms. The fourth-order valence-electron chi connectivity index (χ4n) is 4.27. The number of fused-ring (bicyclic) bond motifs is 1. The van der Waals surface area contributed by atoms with Crippen LogP contribution in [0, 0.1) is 12.8 Å². The Kier molecular flexibility index (Phi) is 5.79. The zero-order valence-corrected chi connectivity index (χ0v) is 19.8. The molecule has 11 heteroatoms. The number of piperazine rings is 1. The largest absolute Gasteiger partial charge is 0.354 e. The summed E-state index contributed by atoms with van der Waals surface area (Å²) in [4.78, 5) is 7.09. The summed E-state index contributed by atoms with van der Waals surface area (Å²) in [5.74, 6) is -2.82. The van der Waals surface area contributed by atoms with E-state index in [-0.39, 0.29) is 26.5 Å². The smallest absolute Gasteiger partial charge is 0.326 e. The molecule has 7 nitrogen and oxygen atoms in total. The molecular weight excluding hydrogens is 456 g/mol. The predicted octanol–water partition coefficient (Wildman–Crippen LogP) is 2.74. The quantitative estimate of drug-likeness (QED) is 0.724. The van der Waals surface area contributed by atoms with E-state index in [1.54, 1.807) is 12.1 Å². The average Bonchev–Trinajstić information content (AvgIpc) is 3.32. The summed E-state index contributed by atoms with van der Waals surface area (Å²) in [6, 6.07) is 9.34. The Labute approximate surface area is 194 Å². The van der Waals surface area contributed by atoms with E-state index in [0.717, 1.165) is 53.1 Å². The van der Waals surface area contributed by atoms with E-state index in [1.165, 1.54) is 11.4 Å². The molecule has 0 amide bonds. The van der Waals surface area contributed by atoms with Gasteiger partial charge < -0.3 is 10.2 Å². The first-order valence-corrected chi connectivity index (χ1v) is 11.8. The summed E-state index contributed by atoms with van der Waals surface area (Å²) in [5, 5.41) is 3.33. The molecule has 2 fully saturated rings. The van der Waals surface area contributed by atoms with Crippen LogP contribution >= 0.6 is 13.5 Å². The van der Waals surface area contributed by atoms with Crippen LogP contribution in [-0.2, 0) is 10.2 Å². The molecule has 3 heterocycles. The first-order valence-electron chi connectivity index (χ1n) is 10.4. The maximum atomic E-state index is 13.4. The highest BCUT2D eigenvalue weighted by Crippen LogP contribution is 2.51. The van der Waals surface area contributed by atoms with E-state index in [2.05, 4.69) is 10.2 Å². The first kappa shape index (κ1) is 23.1. The molecule has 5 rings (SSSR count). The number of hydrogen-bond acceptors (Lipinski definition) is 5. The van der Waals surface area contributed by atoms with Gasteiger partial charge in [-0.1, -0.05) is 12.1 Å². The van der Waals surface area contributed by atoms with Crippen molar-refractivity contribution < 1.29 is 17.2 Å². The second kappa shape index (κ2) is 8.03. The Hall–Kier alpha value is -2.11. The summed E-state index contributed by atoms with van der Waals surface area (Å²) in [5.41, 5.74) is 3.49. The van der Waals surface area contributed by atoms with Crippen molar-refractivity contribution in [3.8, 4) is 11.3 Å². The van der Waals surface area contributed by atoms with Gasteiger partial charge in [-0.25, -0.2) is 13.8 Å². The number of benzene rings is 1. The standard InChI is InChI=1S/C21H25F2N5O2S.H2S/c1-14-3-6-19(27-9-7-24-8-10-27)25-20(14)15-4-5-17-18(11-15)26(2)31(29,30)28(17)13-16-12-21(16,22)23;/h3-6,11,16,24H,7-10,12-13H2,1-2H3;1H2. The molecule has 1 atom stereocenters. The van der Waals surface area contributed by atoms with E-state index < -0.39 is 22.0 Å². The minimum absolute atomic E-state index is 0. The van der Waals surface area contributed by atoms with Gasteiger partial charge in [0, 0.05) is 57.7 Å². The van der Waals surface area contributed by atoms with Gasteiger partial charge in [-0.15, -0.1) is 0 Å². The van der Waals surface area contributed by atoms with Crippen LogP contribution in [0.2, 0.25) is 0 Å². The summed E-state index contributed by atoms with van der Waals surface area (Å²) < 4.78 is 54.9. The number of pyridine rings is 1. The van der Waals surface area contributed by atoms with Crippen LogP contribution in [0.4, 0.5) is 26.0 Å². The highest BCUT2D eigenvalue weighted by Gasteiger charge is 2.59. The lowest BCUT2D eigenvalue weighted by molar-refractivity contribution is 0.101. The highest BCUT2D eigenvalue weighted by atomic mass is 32.2. The molecule has 1 saturated heterocycles. The van der Waals surface area contributed by atoms with Gasteiger partial charge in [0.15, 0.2) is 0 Å². The number of nitrogens with zero attached hydrogens (tertiary/aromatic N) is 4. The Morgan fingerprint density at radius 1 is 1.16 bits per heavy atom. The van der Waals surface area contributed by atoms with Crippen molar-refractivity contribution in [3.63, 3.8) is 0 Å². The molecule has 3 aliphatic rings. The monoisotopic (exact) mass is 483 g/mol. The number of anilines is 3. The van der Waals surface area contributed by atoms with Crippen LogP contribution in [0.3, 0.4) is 0 Å². The maximum Gasteiger partial charge on any atom is 0.326 e. The van der Waals surface area contributed by atoms with Gasteiger partial charge in [0.05, 0.1) is 17.1 Å². The summed E-state index contributed by atoms with van der Waals surface area (Å²) in [7, 11) is -2.41. The minimum atomic E-state index is -3.87. The summed E-state index contributed by atoms with van der Waals surface area (Å²) in [6.07, 6.45) is -0.266. The Morgan fingerprint density at radius 3 is 2.50 bits per heavy atom. The number of aromatic nitrogens is 1. The Balaban J connectivity index is 0.00000245. The van der Waals surface area contributed by atoms with Crippen LogP contribution < -0.4 is 18.8 Å². The molecule has 2 aliphatic heterocycles. The molecule has 1 aromatic carbocycles. The number of halogens is 2. The third-order valence-electron chi connectivity index (χ3n) is 6.35. The van der Waals surface area contributed by atoms with Crippen molar-refractivity contribution in [2.45, 2.75) is 19.3 Å². The molecule has 1 unspecified atom stereocenters. The van der Waals surface area contributed by atoms with Gasteiger partial charge in [0.25, 0.3) is 5.92 Å². The van der Waals surface area contributed by atoms with E-state index in [0.29, 0.717) is 11.4 Å². The van der Waals surface area contributed by atoms with Gasteiger partial charge in [-0.3, -0.25) is 8.61 Å². The molecular formula is C21H27F2N5O2S2. The summed E-state index contributed by atoms with van der Waals surface area (Å²) >= 11 is 0. The van der Waals surface area contributed by atoms with Crippen molar-refractivity contribution >= 4 is 40.9 Å². The number of hydrogen-bond donors (Lipinski definition) is 1. The molecule has 2 aromatic rings. The molecule has 1 N–H and O–H groups in total. The van der Waals surface area contributed by atoms with Crippen molar-refractivity contribution in [2.24, 2.45) is 5.92 Å². The summed E-state index contributed by atoms with van der Waals surface area (Å²) in [6.45, 7) is 5.33. The van der Waals surface area contributed by atoms with Crippen LogP contribution in [0.15, 0.2) is 30.3 Å². The van der Waals surface area contributed by atoms with Crippen molar-refractivity contribution in [1.82, 2.24) is 10.3 Å². The molecule has 1 aromatic heterocycles. The van der Waals surface area contributed by atoms with Gasteiger partial charge in [0.2, 0.25) is 0 Å². The first-order chi connectivity index (χ1) is 14.7. The van der Waals surface area contributed by atoms with E-state index in [1.807, 2.05) is 25.1 Å². The van der Waals surface area contributed by atoms with E-state index >= 15 is 0 Å². The van der Waals surface area contributed by atoms with Crippen LogP contribution in [-0.4, -0.2) is 59.1 Å². The van der Waals surface area contributed by atoms with Crippen LogP contribution in [0.1, 0.15) is 12.0 Å². The van der Waals surface area contributed by atoms with Crippen molar-refractivity contribution in [1.29, 1.82) is 0 Å². The maximum absolute atomic E-state index is 13.4. The van der Waals surface area contributed by atoms with Gasteiger partial charge >= 0.3 is 10.2 Å². The van der Waals surface area contributed by atoms with Crippen molar-refractivity contribution in [2.75, 3.05) is 53.3 Å². The Bertz CT molecular complexity index is 1140. The Morgan fingerprint density at radius 2 is 1.84 bits per heavy atom. The zero-order chi connectivity index (χ0) is 22.0. The highest BCUT2D eigenvalue weighted by molar-refractivity contribution is 7.94. The molecule has 1 aliphatic carbocycles. The molecule has 174 valence electrons. The average molecular weight is 484 g/mol. The lowest BCUT2D eigenvalue weighted by Gasteiger charge is -2.29. The second-order valence-corrected chi connectivity index (χ2v) is 10.3. The topological polar surface area (TPSA) is 68.8 Å². The lowest BCUT2D eigenvalue weighted by Crippen LogP contribution is -2.43. The normalized spacial score (nSPS) is 23.0. The molecule has 0 radical (unpaired) electrons. The lowest BCUT2D eigenvalue weighted by atomic mass is 10.0. The van der Waals surface area contributed by atoms with E-state index in [9.17, 15) is 17.2 Å². The zero-order valence-electron chi connectivity index (χ0n) is 18.0. The fraction of sp³-hybridized carbons (Fsp3) is 0.476. The number of nitrogens with one attached hydrogen (secondary N) is 1. The minimum Gasteiger partial charge on any atom is -0.354 e. The molecule has 0 spiro atoms. The molecule has 1 saturated carbocycles. The van der Waals surface area contributed by atoms with Crippen LogP contribution in [0.25, 0.3) is 11.3 Å². The number of alkyl halides is 2. The number of aryl methyl sites for hydroxylation is 1. The van der Waals surface area contributed by atoms with Gasteiger partial charge in [-0.05, 0) is 30.7 Å². The third-order valence-corrected chi connectivity index (χ3v) is 8.14. The van der Waals surface area contributed by atoms with E-state index in [4.69, 9.17) is 4.98 Å².